The van der Waals surface area contributed by atoms with Gasteiger partial charge in [0.1, 0.15) is 5.75 Å². The van der Waals surface area contributed by atoms with E-state index in [4.69, 9.17) is 5.26 Å². The normalized spacial score (nSPS) is 9.65. The van der Waals surface area contributed by atoms with Gasteiger partial charge in [-0.05, 0) is 22.4 Å². The van der Waals surface area contributed by atoms with Crippen LogP contribution in [0.2, 0.25) is 0 Å². The lowest BCUT2D eigenvalue weighted by molar-refractivity contribution is -0.385. The Balaban J connectivity index is 3.57. The summed E-state index contributed by atoms with van der Waals surface area (Å²) in [5, 5.41) is 29.4. The molecule has 0 aliphatic heterocycles. The molecule has 0 heterocycles. The second-order valence-corrected chi connectivity index (χ2v) is 4.12. The van der Waals surface area contributed by atoms with Crippen LogP contribution in [-0.2, 0) is 12.8 Å². The molecule has 0 aliphatic carbocycles. The van der Waals surface area contributed by atoms with Crippen molar-refractivity contribution in [3.8, 4) is 11.8 Å². The summed E-state index contributed by atoms with van der Waals surface area (Å²) in [7, 11) is 0. The molecule has 0 unspecified atom stereocenters. The van der Waals surface area contributed by atoms with Crippen LogP contribution in [0.1, 0.15) is 11.1 Å². The smallest absolute Gasteiger partial charge is 0.275 e. The topological polar surface area (TPSA) is 87.2 Å². The number of nitro benzene ring substituents is 1. The molecule has 5 nitrogen and oxygen atoms in total. The third-order valence-corrected chi connectivity index (χ3v) is 2.85. The summed E-state index contributed by atoms with van der Waals surface area (Å²) in [5.41, 5.74) is 0.425. The number of hydrogen-bond acceptors (Lipinski definition) is 4. The monoisotopic (exact) mass is 296 g/mol. The fourth-order valence-corrected chi connectivity index (χ4v) is 1.98. The molecule has 0 bridgehead atoms. The molecule has 1 rings (SSSR count). The zero-order chi connectivity index (χ0) is 13.0. The highest BCUT2D eigenvalue weighted by molar-refractivity contribution is 9.10. The largest absolute Gasteiger partial charge is 0.506 e. The van der Waals surface area contributed by atoms with Gasteiger partial charge in [-0.15, -0.1) is 6.58 Å². The van der Waals surface area contributed by atoms with Crippen LogP contribution in [0, 0.1) is 21.4 Å². The molecule has 1 aromatic rings. The summed E-state index contributed by atoms with van der Waals surface area (Å²) in [6, 6.07) is 3.06. The maximum Gasteiger partial charge on any atom is 0.275 e. The maximum absolute atomic E-state index is 10.9. The van der Waals surface area contributed by atoms with Crippen LogP contribution in [-0.4, -0.2) is 10.0 Å². The summed E-state index contributed by atoms with van der Waals surface area (Å²) in [6.45, 7) is 3.52. The summed E-state index contributed by atoms with van der Waals surface area (Å²) in [4.78, 5) is 10.3. The Hall–Kier alpha value is -1.87. The van der Waals surface area contributed by atoms with E-state index in [0.29, 0.717) is 5.56 Å². The third-order valence-electron chi connectivity index (χ3n) is 2.25. The molecule has 0 saturated carbocycles. The van der Waals surface area contributed by atoms with E-state index in [1.807, 2.05) is 6.07 Å². The highest BCUT2D eigenvalue weighted by Gasteiger charge is 2.22. The van der Waals surface area contributed by atoms with Crippen molar-refractivity contribution in [3.05, 3.63) is 44.4 Å². The molecule has 1 aromatic carbocycles. The van der Waals surface area contributed by atoms with Crippen molar-refractivity contribution >= 4 is 21.6 Å². The lowest BCUT2D eigenvalue weighted by Crippen LogP contribution is -2.01. The van der Waals surface area contributed by atoms with Crippen LogP contribution >= 0.6 is 15.9 Å². The predicted octanol–water partition coefficient (Wildman–Crippen LogP) is 2.86. The molecule has 6 heteroatoms. The first-order valence-electron chi connectivity index (χ1n) is 4.68. The minimum absolute atomic E-state index is 0.0826. The van der Waals surface area contributed by atoms with Gasteiger partial charge in [0.05, 0.1) is 27.4 Å². The minimum atomic E-state index is -0.566. The van der Waals surface area contributed by atoms with Gasteiger partial charge in [0.2, 0.25) is 0 Å². The standard InChI is InChI=1S/C11H9BrN2O3/c1-2-3-8-7(4-5-13)10(14(16)17)6-9(12)11(8)15/h2,6,15H,1,3-4H2. The minimum Gasteiger partial charge on any atom is -0.506 e. The van der Waals surface area contributed by atoms with Crippen LogP contribution < -0.4 is 0 Å². The van der Waals surface area contributed by atoms with E-state index in [-0.39, 0.29) is 34.3 Å². The number of benzene rings is 1. The zero-order valence-electron chi connectivity index (χ0n) is 8.81. The lowest BCUT2D eigenvalue weighted by atomic mass is 9.99. The van der Waals surface area contributed by atoms with Gasteiger partial charge in [-0.2, -0.15) is 5.26 Å². The number of allylic oxidation sites excluding steroid dienone is 1. The molecular formula is C11H9BrN2O3. The molecule has 17 heavy (non-hydrogen) atoms. The Morgan fingerprint density at radius 1 is 1.65 bits per heavy atom. The van der Waals surface area contributed by atoms with E-state index < -0.39 is 4.92 Å². The molecule has 88 valence electrons. The molecule has 0 atom stereocenters. The van der Waals surface area contributed by atoms with E-state index >= 15 is 0 Å². The van der Waals surface area contributed by atoms with E-state index in [0.717, 1.165) is 0 Å². The molecular weight excluding hydrogens is 288 g/mol. The quantitative estimate of drug-likeness (QED) is 0.526. The Morgan fingerprint density at radius 3 is 2.76 bits per heavy atom. The fourth-order valence-electron chi connectivity index (χ4n) is 1.52. The number of nitrogens with zero attached hydrogens (tertiary/aromatic N) is 2. The van der Waals surface area contributed by atoms with Crippen molar-refractivity contribution in [2.24, 2.45) is 0 Å². The number of phenols is 1. The van der Waals surface area contributed by atoms with Gasteiger partial charge in [-0.1, -0.05) is 6.08 Å². The number of rotatable bonds is 4. The third kappa shape index (κ3) is 2.63. The number of aromatic hydroxyl groups is 1. The van der Waals surface area contributed by atoms with Crippen molar-refractivity contribution < 1.29 is 10.0 Å². The molecule has 1 N–H and O–H groups in total. The molecule has 0 saturated heterocycles. The van der Waals surface area contributed by atoms with Gasteiger partial charge in [0.25, 0.3) is 5.69 Å². The first-order valence-corrected chi connectivity index (χ1v) is 5.47. The Morgan fingerprint density at radius 2 is 2.29 bits per heavy atom. The van der Waals surface area contributed by atoms with Crippen LogP contribution in [0.15, 0.2) is 23.2 Å². The molecule has 0 fully saturated rings. The first-order chi connectivity index (χ1) is 8.02. The number of nitriles is 1. The number of phenolic OH excluding ortho intramolecular Hbond substituents is 1. The second kappa shape index (κ2) is 5.46. The Bertz CT molecular complexity index is 520. The molecule has 0 aromatic heterocycles. The van der Waals surface area contributed by atoms with Crippen LogP contribution in [0.3, 0.4) is 0 Å². The lowest BCUT2D eigenvalue weighted by Gasteiger charge is -2.09. The average molecular weight is 297 g/mol. The van der Waals surface area contributed by atoms with E-state index in [1.54, 1.807) is 0 Å². The van der Waals surface area contributed by atoms with E-state index in [1.165, 1.54) is 12.1 Å². The van der Waals surface area contributed by atoms with Crippen molar-refractivity contribution in [1.29, 1.82) is 5.26 Å². The first kappa shape index (κ1) is 13.2. The predicted molar refractivity (Wildman–Crippen MR) is 65.7 cm³/mol. The highest BCUT2D eigenvalue weighted by Crippen LogP contribution is 2.37. The summed E-state index contributed by atoms with van der Waals surface area (Å²) in [5.74, 6) is -0.0826. The highest BCUT2D eigenvalue weighted by atomic mass is 79.9. The summed E-state index contributed by atoms with van der Waals surface area (Å²) in [6.07, 6.45) is 1.66. The molecule has 0 amide bonds. The fraction of sp³-hybridized carbons (Fsp3) is 0.182. The van der Waals surface area contributed by atoms with Gasteiger partial charge in [-0.25, -0.2) is 0 Å². The van der Waals surface area contributed by atoms with Crippen LogP contribution in [0.4, 0.5) is 5.69 Å². The van der Waals surface area contributed by atoms with E-state index in [9.17, 15) is 15.2 Å². The van der Waals surface area contributed by atoms with Gasteiger partial charge >= 0.3 is 0 Å². The molecule has 0 spiro atoms. The molecule has 0 aliphatic rings. The van der Waals surface area contributed by atoms with Crippen molar-refractivity contribution in [2.75, 3.05) is 0 Å². The van der Waals surface area contributed by atoms with Crippen molar-refractivity contribution in [1.82, 2.24) is 0 Å². The summed E-state index contributed by atoms with van der Waals surface area (Å²) >= 11 is 3.05. The van der Waals surface area contributed by atoms with Gasteiger partial charge in [0, 0.05) is 11.6 Å². The maximum atomic E-state index is 10.9. The van der Waals surface area contributed by atoms with Crippen molar-refractivity contribution in [3.63, 3.8) is 0 Å². The van der Waals surface area contributed by atoms with Crippen LogP contribution in [0.5, 0.6) is 5.75 Å². The van der Waals surface area contributed by atoms with Gasteiger partial charge in [0.15, 0.2) is 0 Å². The summed E-state index contributed by atoms with van der Waals surface area (Å²) < 4.78 is 0.239. The number of hydrogen-bond donors (Lipinski definition) is 1. The zero-order valence-corrected chi connectivity index (χ0v) is 10.4. The SMILES string of the molecule is C=CCc1c(O)c(Br)cc([N+](=O)[O-])c1CC#N. The average Bonchev–Trinajstić information content (AvgIpc) is 2.28. The number of halogens is 1. The van der Waals surface area contributed by atoms with E-state index in [2.05, 4.69) is 22.5 Å². The second-order valence-electron chi connectivity index (χ2n) is 3.27. The Labute approximate surface area is 106 Å². The van der Waals surface area contributed by atoms with Gasteiger partial charge in [-0.3, -0.25) is 10.1 Å². The number of nitro groups is 1. The molecule has 0 radical (unpaired) electrons. The van der Waals surface area contributed by atoms with Crippen molar-refractivity contribution in [2.45, 2.75) is 12.8 Å². The Kier molecular flexibility index (Phi) is 4.24. The van der Waals surface area contributed by atoms with Gasteiger partial charge < -0.3 is 5.11 Å². The van der Waals surface area contributed by atoms with Crippen LogP contribution in [0.25, 0.3) is 0 Å².